The average molecular weight is 258 g/mol. The lowest BCUT2D eigenvalue weighted by Gasteiger charge is -1.98. The third-order valence-electron chi connectivity index (χ3n) is 2.58. The number of ketones is 1. The number of hydrogen-bond donors (Lipinski definition) is 1. The fraction of sp³-hybridized carbons (Fsp3) is 0.231. The first-order valence-electron chi connectivity index (χ1n) is 5.73. The number of Topliss-reactive ketones (excluding diaryl/α,β-unsaturated/α-hetero) is 1. The molecular weight excluding hydrogens is 244 g/mol. The van der Waals surface area contributed by atoms with Crippen molar-refractivity contribution >= 4 is 28.7 Å². The highest BCUT2D eigenvalue weighted by Gasteiger charge is 2.05. The van der Waals surface area contributed by atoms with E-state index in [0.29, 0.717) is 5.69 Å². The molecule has 19 heavy (non-hydrogen) atoms. The Morgan fingerprint density at radius 1 is 1.32 bits per heavy atom. The minimum Gasteiger partial charge on any atom is -0.512 e. The van der Waals surface area contributed by atoms with Crippen LogP contribution in [0.25, 0.3) is 11.0 Å². The normalized spacial score (nSPS) is 13.0. The summed E-state index contributed by atoms with van der Waals surface area (Å²) >= 11 is 0. The maximum atomic E-state index is 11.3. The van der Waals surface area contributed by atoms with Gasteiger partial charge in [-0.3, -0.25) is 9.79 Å². The zero-order chi connectivity index (χ0) is 14.0. The molecule has 2 rings (SSSR count). The molecule has 0 aliphatic heterocycles. The second-order valence-corrected chi connectivity index (χ2v) is 4.18. The van der Waals surface area contributed by atoms with E-state index >= 15 is 0 Å². The van der Waals surface area contributed by atoms with Crippen LogP contribution in [0.15, 0.2) is 34.5 Å². The van der Waals surface area contributed by atoms with E-state index in [4.69, 9.17) is 0 Å². The molecule has 0 atom stereocenters. The molecule has 1 N–H and O–H groups in total. The van der Waals surface area contributed by atoms with Crippen LogP contribution in [0.3, 0.4) is 0 Å². The molecule has 6 nitrogen and oxygen atoms in total. The molecule has 6 heteroatoms. The lowest BCUT2D eigenvalue weighted by atomic mass is 10.2. The monoisotopic (exact) mass is 258 g/mol. The minimum absolute atomic E-state index is 0.0446. The zero-order valence-electron chi connectivity index (χ0n) is 11.0. The number of carbonyl (C=O) groups is 1. The number of benzene rings is 1. The number of carbonyl (C=O) groups excluding carboxylic acids is 1. The highest BCUT2D eigenvalue weighted by molar-refractivity contribution is 6.13. The van der Waals surface area contributed by atoms with Crippen molar-refractivity contribution < 1.29 is 9.90 Å². The van der Waals surface area contributed by atoms with E-state index < -0.39 is 0 Å². The fourth-order valence-corrected chi connectivity index (χ4v) is 1.67. The van der Waals surface area contributed by atoms with Gasteiger partial charge in [0.1, 0.15) is 16.8 Å². The van der Waals surface area contributed by atoms with Crippen molar-refractivity contribution in [2.75, 3.05) is 0 Å². The number of nitrogens with zero attached hydrogens (tertiary/aromatic N) is 4. The van der Waals surface area contributed by atoms with Crippen molar-refractivity contribution in [1.29, 1.82) is 0 Å². The van der Waals surface area contributed by atoms with Gasteiger partial charge in [-0.15, -0.1) is 0 Å². The first-order chi connectivity index (χ1) is 8.97. The van der Waals surface area contributed by atoms with Gasteiger partial charge in [0.15, 0.2) is 5.78 Å². The SMILES string of the molecule is CC(=O)/C(C=Nc1ccc2nn(C)nc2c1)=C(\C)O. The zero-order valence-corrected chi connectivity index (χ0v) is 11.0. The van der Waals surface area contributed by atoms with Gasteiger partial charge in [0.05, 0.1) is 11.3 Å². The van der Waals surface area contributed by atoms with Crippen LogP contribution in [-0.4, -0.2) is 32.1 Å². The molecule has 2 aromatic rings. The van der Waals surface area contributed by atoms with Gasteiger partial charge < -0.3 is 5.11 Å². The Hall–Kier alpha value is -2.50. The number of allylic oxidation sites excluding steroid dienone is 2. The topological polar surface area (TPSA) is 80.4 Å². The van der Waals surface area contributed by atoms with Gasteiger partial charge in [0, 0.05) is 13.3 Å². The molecule has 1 aromatic carbocycles. The summed E-state index contributed by atoms with van der Waals surface area (Å²) in [5.41, 5.74) is 2.35. The van der Waals surface area contributed by atoms with Crippen molar-refractivity contribution in [3.05, 3.63) is 29.5 Å². The van der Waals surface area contributed by atoms with E-state index in [0.717, 1.165) is 11.0 Å². The van der Waals surface area contributed by atoms with Crippen LogP contribution in [0.1, 0.15) is 13.8 Å². The smallest absolute Gasteiger partial charge is 0.164 e. The molecule has 0 aliphatic rings. The number of aryl methyl sites for hydroxylation is 1. The standard InChI is InChI=1S/C13H14N4O2/c1-8(18)11(9(2)19)7-14-10-4-5-12-13(6-10)16-17(3)15-12/h4-7,18H,1-3H3/b11-8+,14-7?. The quantitative estimate of drug-likeness (QED) is 0.519. The summed E-state index contributed by atoms with van der Waals surface area (Å²) in [6.07, 6.45) is 1.36. The first kappa shape index (κ1) is 12.9. The molecule has 1 heterocycles. The molecule has 0 amide bonds. The summed E-state index contributed by atoms with van der Waals surface area (Å²) in [5, 5.41) is 17.7. The molecule has 0 bridgehead atoms. The molecular formula is C13H14N4O2. The van der Waals surface area contributed by atoms with Gasteiger partial charge in [0.2, 0.25) is 0 Å². The summed E-state index contributed by atoms with van der Waals surface area (Å²) in [6.45, 7) is 2.83. The van der Waals surface area contributed by atoms with E-state index in [1.165, 1.54) is 24.9 Å². The Labute approximate surface area is 110 Å². The number of hydrogen-bond acceptors (Lipinski definition) is 5. The second-order valence-electron chi connectivity index (χ2n) is 4.18. The van der Waals surface area contributed by atoms with Crippen molar-refractivity contribution in [3.63, 3.8) is 0 Å². The molecule has 0 fully saturated rings. The van der Waals surface area contributed by atoms with Gasteiger partial charge in [-0.1, -0.05) is 0 Å². The molecule has 0 unspecified atom stereocenters. The van der Waals surface area contributed by atoms with E-state index in [1.54, 1.807) is 25.2 Å². The first-order valence-corrected chi connectivity index (χ1v) is 5.73. The molecule has 0 spiro atoms. The van der Waals surface area contributed by atoms with Gasteiger partial charge in [-0.2, -0.15) is 15.0 Å². The Kier molecular flexibility index (Phi) is 3.41. The summed E-state index contributed by atoms with van der Waals surface area (Å²) < 4.78 is 0. The third kappa shape index (κ3) is 2.85. The van der Waals surface area contributed by atoms with E-state index in [9.17, 15) is 9.90 Å². The fourth-order valence-electron chi connectivity index (χ4n) is 1.67. The Bertz CT molecular complexity index is 694. The van der Waals surface area contributed by atoms with Crippen LogP contribution >= 0.6 is 0 Å². The van der Waals surface area contributed by atoms with Crippen molar-refractivity contribution in [2.45, 2.75) is 13.8 Å². The van der Waals surface area contributed by atoms with Crippen LogP contribution in [0.5, 0.6) is 0 Å². The lowest BCUT2D eigenvalue weighted by molar-refractivity contribution is -0.113. The van der Waals surface area contributed by atoms with Gasteiger partial charge >= 0.3 is 0 Å². The van der Waals surface area contributed by atoms with Crippen molar-refractivity contribution in [3.8, 4) is 0 Å². The maximum absolute atomic E-state index is 11.3. The summed E-state index contributed by atoms with van der Waals surface area (Å²) in [7, 11) is 1.74. The van der Waals surface area contributed by atoms with Gasteiger partial charge in [0.25, 0.3) is 0 Å². The highest BCUT2D eigenvalue weighted by atomic mass is 16.3. The molecule has 0 saturated heterocycles. The van der Waals surface area contributed by atoms with Gasteiger partial charge in [-0.05, 0) is 32.0 Å². The molecule has 1 aromatic heterocycles. The second kappa shape index (κ2) is 5.01. The predicted octanol–water partition coefficient (Wildman–Crippen LogP) is 2.09. The van der Waals surface area contributed by atoms with Crippen LogP contribution in [-0.2, 0) is 11.8 Å². The Morgan fingerprint density at radius 3 is 2.63 bits per heavy atom. The predicted molar refractivity (Wildman–Crippen MR) is 72.7 cm³/mol. The maximum Gasteiger partial charge on any atom is 0.164 e. The summed E-state index contributed by atoms with van der Waals surface area (Å²) in [6, 6.07) is 5.35. The van der Waals surface area contributed by atoms with E-state index in [1.807, 2.05) is 0 Å². The van der Waals surface area contributed by atoms with Crippen LogP contribution in [0.2, 0.25) is 0 Å². The largest absolute Gasteiger partial charge is 0.512 e. The van der Waals surface area contributed by atoms with Crippen LogP contribution in [0, 0.1) is 0 Å². The number of rotatable bonds is 3. The Morgan fingerprint density at radius 2 is 2.00 bits per heavy atom. The van der Waals surface area contributed by atoms with E-state index in [2.05, 4.69) is 15.2 Å². The number of aliphatic imine (C=N–C) groups is 1. The third-order valence-corrected chi connectivity index (χ3v) is 2.58. The number of aliphatic hydroxyl groups excluding tert-OH is 1. The molecule has 0 saturated carbocycles. The summed E-state index contributed by atoms with van der Waals surface area (Å²) in [4.78, 5) is 16.9. The number of fused-ring (bicyclic) bond motifs is 1. The Balaban J connectivity index is 2.35. The minimum atomic E-state index is -0.232. The molecule has 0 aliphatic carbocycles. The number of aliphatic hydroxyl groups is 1. The van der Waals surface area contributed by atoms with Crippen molar-refractivity contribution in [1.82, 2.24) is 15.0 Å². The van der Waals surface area contributed by atoms with Crippen LogP contribution in [0.4, 0.5) is 5.69 Å². The van der Waals surface area contributed by atoms with Gasteiger partial charge in [-0.25, -0.2) is 0 Å². The van der Waals surface area contributed by atoms with E-state index in [-0.39, 0.29) is 17.1 Å². The average Bonchev–Trinajstić information content (AvgIpc) is 2.67. The van der Waals surface area contributed by atoms with Crippen molar-refractivity contribution in [2.24, 2.45) is 12.0 Å². The summed E-state index contributed by atoms with van der Waals surface area (Å²) in [5.74, 6) is -0.277. The lowest BCUT2D eigenvalue weighted by Crippen LogP contribution is -2.01. The molecule has 98 valence electrons. The number of aromatic nitrogens is 3. The molecule has 0 radical (unpaired) electrons. The highest BCUT2D eigenvalue weighted by Crippen LogP contribution is 2.18. The van der Waals surface area contributed by atoms with Crippen LogP contribution < -0.4 is 0 Å².